The molecule has 0 aliphatic rings. The lowest BCUT2D eigenvalue weighted by atomic mass is 9.99. The fraction of sp³-hybridized carbons (Fsp3) is 0.0833. The third-order valence-corrected chi connectivity index (χ3v) is 4.79. The number of ether oxygens (including phenoxy) is 2. The van der Waals surface area contributed by atoms with Crippen LogP contribution in [0.1, 0.15) is 17.2 Å². The molecular weight excluding hydrogens is 408 g/mol. The van der Waals surface area contributed by atoms with E-state index in [-0.39, 0.29) is 23.4 Å². The van der Waals surface area contributed by atoms with Crippen LogP contribution in [0.4, 0.5) is 11.5 Å². The quantitative estimate of drug-likeness (QED) is 0.297. The monoisotopic (exact) mass is 428 g/mol. The molecule has 0 saturated heterocycles. The first-order valence-corrected chi connectivity index (χ1v) is 9.83. The highest BCUT2D eigenvalue weighted by Gasteiger charge is 2.27. The van der Waals surface area contributed by atoms with Crippen LogP contribution >= 0.6 is 0 Å². The molecule has 4 aromatic rings. The lowest BCUT2D eigenvalue weighted by Crippen LogP contribution is -2.15. The third-order valence-electron chi connectivity index (χ3n) is 4.79. The number of aromatic nitrogens is 2. The van der Waals surface area contributed by atoms with Crippen LogP contribution in [0.25, 0.3) is 0 Å². The van der Waals surface area contributed by atoms with Gasteiger partial charge in [0.1, 0.15) is 17.8 Å². The maximum atomic E-state index is 12.0. The Morgan fingerprint density at radius 1 is 0.844 bits per heavy atom. The van der Waals surface area contributed by atoms with E-state index in [2.05, 4.69) is 15.3 Å². The molecule has 0 radical (unpaired) electrons. The Labute approximate surface area is 184 Å². The van der Waals surface area contributed by atoms with Gasteiger partial charge in [0, 0.05) is 0 Å². The Kier molecular flexibility index (Phi) is 6.22. The summed E-state index contributed by atoms with van der Waals surface area (Å²) in [6, 6.07) is 25.6. The second-order valence-electron chi connectivity index (χ2n) is 6.81. The van der Waals surface area contributed by atoms with Crippen LogP contribution in [0, 0.1) is 10.1 Å². The lowest BCUT2D eigenvalue weighted by molar-refractivity contribution is -0.385. The summed E-state index contributed by atoms with van der Waals surface area (Å²) in [6.45, 7) is 0. The fourth-order valence-corrected chi connectivity index (χ4v) is 3.25. The minimum absolute atomic E-state index is 0.0613. The Bertz CT molecular complexity index is 1150. The maximum Gasteiger partial charge on any atom is 0.373 e. The van der Waals surface area contributed by atoms with Gasteiger partial charge >= 0.3 is 11.6 Å². The van der Waals surface area contributed by atoms with Crippen molar-refractivity contribution in [2.45, 2.75) is 6.04 Å². The van der Waals surface area contributed by atoms with Crippen molar-refractivity contribution in [3.05, 3.63) is 112 Å². The molecule has 0 atom stereocenters. The van der Waals surface area contributed by atoms with Gasteiger partial charge in [-0.15, -0.1) is 0 Å². The maximum absolute atomic E-state index is 12.0. The Hall–Kier alpha value is -4.46. The Morgan fingerprint density at radius 2 is 1.41 bits per heavy atom. The number of nitro groups is 1. The third kappa shape index (κ3) is 4.65. The van der Waals surface area contributed by atoms with Gasteiger partial charge in [-0.2, -0.15) is 4.98 Å². The number of methoxy groups -OCH3 is 1. The summed E-state index contributed by atoms with van der Waals surface area (Å²) in [5, 5.41) is 15.2. The topological polar surface area (TPSA) is 99.4 Å². The molecule has 160 valence electrons. The minimum atomic E-state index is -0.547. The zero-order valence-corrected chi connectivity index (χ0v) is 17.2. The first-order chi connectivity index (χ1) is 15.7. The summed E-state index contributed by atoms with van der Waals surface area (Å²) in [4.78, 5) is 19.6. The van der Waals surface area contributed by atoms with Crippen LogP contribution in [0.2, 0.25) is 0 Å². The number of rotatable bonds is 8. The van der Waals surface area contributed by atoms with Gasteiger partial charge in [-0.25, -0.2) is 4.98 Å². The van der Waals surface area contributed by atoms with Crippen molar-refractivity contribution in [2.24, 2.45) is 0 Å². The van der Waals surface area contributed by atoms with Crippen molar-refractivity contribution >= 4 is 11.5 Å². The van der Waals surface area contributed by atoms with Crippen molar-refractivity contribution in [1.82, 2.24) is 9.97 Å². The molecule has 8 heteroatoms. The van der Waals surface area contributed by atoms with E-state index in [4.69, 9.17) is 9.47 Å². The highest BCUT2D eigenvalue weighted by molar-refractivity contribution is 5.63. The van der Waals surface area contributed by atoms with Crippen LogP contribution in [-0.4, -0.2) is 22.0 Å². The summed E-state index contributed by atoms with van der Waals surface area (Å²) in [5.41, 5.74) is 1.52. The molecule has 32 heavy (non-hydrogen) atoms. The molecule has 0 aliphatic carbocycles. The van der Waals surface area contributed by atoms with Gasteiger partial charge in [-0.1, -0.05) is 60.7 Å². The number of anilines is 1. The van der Waals surface area contributed by atoms with Gasteiger partial charge in [0.2, 0.25) is 5.82 Å². The first-order valence-electron chi connectivity index (χ1n) is 9.83. The van der Waals surface area contributed by atoms with Gasteiger partial charge in [-0.3, -0.25) is 10.1 Å². The molecule has 1 aromatic heterocycles. The zero-order valence-electron chi connectivity index (χ0n) is 17.2. The van der Waals surface area contributed by atoms with Gasteiger partial charge in [-0.05, 0) is 35.4 Å². The Morgan fingerprint density at radius 3 is 1.94 bits per heavy atom. The summed E-state index contributed by atoms with van der Waals surface area (Å²) < 4.78 is 10.8. The fourth-order valence-electron chi connectivity index (χ4n) is 3.25. The average molecular weight is 428 g/mol. The van der Waals surface area contributed by atoms with E-state index in [1.807, 2.05) is 60.7 Å². The highest BCUT2D eigenvalue weighted by atomic mass is 16.6. The van der Waals surface area contributed by atoms with Crippen LogP contribution < -0.4 is 14.8 Å². The van der Waals surface area contributed by atoms with Crippen LogP contribution in [-0.2, 0) is 0 Å². The second kappa shape index (κ2) is 9.57. The van der Waals surface area contributed by atoms with E-state index in [0.29, 0.717) is 11.5 Å². The highest BCUT2D eigenvalue weighted by Crippen LogP contribution is 2.37. The smallest absolute Gasteiger partial charge is 0.373 e. The average Bonchev–Trinajstić information content (AvgIpc) is 2.84. The van der Waals surface area contributed by atoms with Crippen LogP contribution in [0.5, 0.6) is 17.4 Å². The zero-order chi connectivity index (χ0) is 22.3. The minimum Gasteiger partial charge on any atom is -0.497 e. The molecule has 0 fully saturated rings. The van der Waals surface area contributed by atoms with E-state index in [1.54, 1.807) is 31.4 Å². The molecule has 3 aromatic carbocycles. The molecule has 0 aliphatic heterocycles. The first kappa shape index (κ1) is 20.8. The number of hydrogen-bond donors (Lipinski definition) is 1. The van der Waals surface area contributed by atoms with E-state index in [0.717, 1.165) is 11.1 Å². The molecule has 1 heterocycles. The normalized spacial score (nSPS) is 10.6. The molecule has 0 unspecified atom stereocenters. The second-order valence-corrected chi connectivity index (χ2v) is 6.81. The van der Waals surface area contributed by atoms with E-state index in [1.165, 1.54) is 6.33 Å². The molecule has 0 bridgehead atoms. The van der Waals surface area contributed by atoms with Crippen LogP contribution in [0.3, 0.4) is 0 Å². The van der Waals surface area contributed by atoms with Gasteiger partial charge < -0.3 is 14.8 Å². The van der Waals surface area contributed by atoms with Crippen molar-refractivity contribution in [1.29, 1.82) is 0 Å². The molecule has 0 saturated carbocycles. The number of nitrogens with zero attached hydrogens (tertiary/aromatic N) is 3. The predicted octanol–water partition coefficient (Wildman–Crippen LogP) is 5.39. The predicted molar refractivity (Wildman–Crippen MR) is 120 cm³/mol. The molecule has 1 N–H and O–H groups in total. The van der Waals surface area contributed by atoms with E-state index >= 15 is 0 Å². The van der Waals surface area contributed by atoms with Crippen molar-refractivity contribution in [2.75, 3.05) is 12.4 Å². The summed E-state index contributed by atoms with van der Waals surface area (Å²) >= 11 is 0. The largest absolute Gasteiger partial charge is 0.497 e. The standard InChI is InChI=1S/C24H20N4O4/c1-31-19-12-14-20(15-13-19)32-24-22(28(29)30)23(25-16-26-24)27-21(17-8-4-2-5-9-17)18-10-6-3-7-11-18/h2-16,21H,1H3,(H,25,26,27). The van der Waals surface area contributed by atoms with Gasteiger partial charge in [0.25, 0.3) is 0 Å². The Balaban J connectivity index is 1.71. The molecule has 0 spiro atoms. The van der Waals surface area contributed by atoms with Crippen molar-refractivity contribution in [3.8, 4) is 17.4 Å². The van der Waals surface area contributed by atoms with E-state index < -0.39 is 4.92 Å². The number of benzene rings is 3. The van der Waals surface area contributed by atoms with Crippen molar-refractivity contribution in [3.63, 3.8) is 0 Å². The van der Waals surface area contributed by atoms with Gasteiger partial charge in [0.05, 0.1) is 18.1 Å². The number of hydrogen-bond acceptors (Lipinski definition) is 7. The number of nitrogens with one attached hydrogen (secondary N) is 1. The van der Waals surface area contributed by atoms with Gasteiger partial charge in [0.15, 0.2) is 0 Å². The summed E-state index contributed by atoms with van der Waals surface area (Å²) in [5.74, 6) is 0.940. The molecule has 8 nitrogen and oxygen atoms in total. The summed E-state index contributed by atoms with van der Waals surface area (Å²) in [6.07, 6.45) is 1.24. The van der Waals surface area contributed by atoms with Crippen LogP contribution in [0.15, 0.2) is 91.3 Å². The van der Waals surface area contributed by atoms with Crippen molar-refractivity contribution < 1.29 is 14.4 Å². The van der Waals surface area contributed by atoms with E-state index in [9.17, 15) is 10.1 Å². The molecule has 4 rings (SSSR count). The summed E-state index contributed by atoms with van der Waals surface area (Å²) in [7, 11) is 1.55. The SMILES string of the molecule is COc1ccc(Oc2ncnc(NC(c3ccccc3)c3ccccc3)c2[N+](=O)[O-])cc1. The molecular formula is C24H20N4O4. The lowest BCUT2D eigenvalue weighted by Gasteiger charge is -2.20. The molecule has 0 amide bonds.